The van der Waals surface area contributed by atoms with E-state index in [1.165, 1.54) is 12.8 Å². The first-order chi connectivity index (χ1) is 9.24. The van der Waals surface area contributed by atoms with Gasteiger partial charge in [0.1, 0.15) is 5.69 Å². The molecule has 4 nitrogen and oxygen atoms in total. The van der Waals surface area contributed by atoms with Crippen molar-refractivity contribution >= 4 is 17.5 Å². The highest BCUT2D eigenvalue weighted by atomic mass is 35.5. The number of carbonyl (C=O) groups is 1. The zero-order valence-corrected chi connectivity index (χ0v) is 11.7. The molecule has 2 fully saturated rings. The van der Waals surface area contributed by atoms with Crippen LogP contribution in [0.2, 0.25) is 5.02 Å². The molecule has 104 valence electrons. The maximum Gasteiger partial charge on any atom is 0.267 e. The second-order valence-electron chi connectivity index (χ2n) is 5.52. The minimum atomic E-state index is -0.00297. The third-order valence-corrected chi connectivity index (χ3v) is 4.14. The van der Waals surface area contributed by atoms with Gasteiger partial charge in [-0.15, -0.1) is 0 Å². The number of nitrogens with one attached hydrogen (secondary N) is 2. The van der Waals surface area contributed by atoms with Crippen LogP contribution >= 0.6 is 11.6 Å². The van der Waals surface area contributed by atoms with Gasteiger partial charge in [0.25, 0.3) is 5.91 Å². The molecule has 1 aromatic heterocycles. The van der Waals surface area contributed by atoms with E-state index in [9.17, 15) is 4.79 Å². The van der Waals surface area contributed by atoms with Crippen molar-refractivity contribution in [2.75, 3.05) is 13.1 Å². The fourth-order valence-electron chi connectivity index (χ4n) is 2.74. The summed E-state index contributed by atoms with van der Waals surface area (Å²) >= 11 is 6.01. The minimum absolute atomic E-state index is 0.00297. The highest BCUT2D eigenvalue weighted by Crippen LogP contribution is 2.37. The molecule has 1 aliphatic heterocycles. The Kier molecular flexibility index (Phi) is 3.80. The molecule has 3 rings (SSSR count). The average Bonchev–Trinajstić information content (AvgIpc) is 2.96. The summed E-state index contributed by atoms with van der Waals surface area (Å²) in [6.45, 7) is 1.84. The summed E-state index contributed by atoms with van der Waals surface area (Å²) in [5, 5.41) is 7.09. The third kappa shape index (κ3) is 3.12. The second kappa shape index (κ2) is 5.55. The molecule has 0 aromatic carbocycles. The Labute approximate surface area is 118 Å². The lowest BCUT2D eigenvalue weighted by Crippen LogP contribution is -2.31. The van der Waals surface area contributed by atoms with Crippen molar-refractivity contribution in [2.24, 2.45) is 0 Å². The lowest BCUT2D eigenvalue weighted by Gasteiger charge is -2.12. The molecule has 2 heterocycles. The van der Waals surface area contributed by atoms with E-state index in [2.05, 4.69) is 10.6 Å². The summed E-state index contributed by atoms with van der Waals surface area (Å²) in [4.78, 5) is 12.2. The van der Waals surface area contributed by atoms with Gasteiger partial charge >= 0.3 is 0 Å². The van der Waals surface area contributed by atoms with Crippen LogP contribution in [0.1, 0.15) is 48.6 Å². The molecule has 0 radical (unpaired) electrons. The molecule has 1 amide bonds. The van der Waals surface area contributed by atoms with Crippen molar-refractivity contribution in [3.8, 4) is 0 Å². The monoisotopic (exact) mass is 281 g/mol. The highest BCUT2D eigenvalue weighted by Gasteiger charge is 2.27. The van der Waals surface area contributed by atoms with Crippen molar-refractivity contribution in [3.05, 3.63) is 23.0 Å². The number of hydrogen-bond donors (Lipinski definition) is 2. The van der Waals surface area contributed by atoms with E-state index in [4.69, 9.17) is 11.6 Å². The van der Waals surface area contributed by atoms with Crippen molar-refractivity contribution < 1.29 is 4.79 Å². The lowest BCUT2D eigenvalue weighted by atomic mass is 10.1. The average molecular weight is 282 g/mol. The Morgan fingerprint density at radius 1 is 1.47 bits per heavy atom. The molecule has 19 heavy (non-hydrogen) atoms. The fraction of sp³-hybridized carbons (Fsp3) is 0.643. The van der Waals surface area contributed by atoms with Gasteiger partial charge in [-0.2, -0.15) is 0 Å². The summed E-state index contributed by atoms with van der Waals surface area (Å²) < 4.78 is 2.02. The predicted molar refractivity (Wildman–Crippen MR) is 75.7 cm³/mol. The first-order valence-electron chi connectivity index (χ1n) is 7.13. The van der Waals surface area contributed by atoms with Gasteiger partial charge in [-0.25, -0.2) is 0 Å². The highest BCUT2D eigenvalue weighted by molar-refractivity contribution is 6.31. The van der Waals surface area contributed by atoms with Crippen molar-refractivity contribution in [1.82, 2.24) is 15.2 Å². The van der Waals surface area contributed by atoms with E-state index in [1.54, 1.807) is 6.07 Å². The molecule has 2 aliphatic rings. The molecule has 1 aliphatic carbocycles. The van der Waals surface area contributed by atoms with E-state index in [0.29, 0.717) is 22.8 Å². The normalized spacial score (nSPS) is 22.7. The summed E-state index contributed by atoms with van der Waals surface area (Å²) in [6, 6.07) is 2.81. The number of halogens is 1. The van der Waals surface area contributed by atoms with E-state index in [1.807, 2.05) is 10.8 Å². The van der Waals surface area contributed by atoms with Crippen LogP contribution in [0, 0.1) is 0 Å². The number of carbonyl (C=O) groups excluding carboxylic acids is 1. The Hall–Kier alpha value is -1.00. The summed E-state index contributed by atoms with van der Waals surface area (Å²) in [5.41, 5.74) is 0.701. The van der Waals surface area contributed by atoms with Crippen LogP contribution < -0.4 is 10.6 Å². The third-order valence-electron chi connectivity index (χ3n) is 3.93. The van der Waals surface area contributed by atoms with E-state index in [0.717, 1.165) is 32.4 Å². The Morgan fingerprint density at radius 3 is 3.00 bits per heavy atom. The minimum Gasteiger partial charge on any atom is -0.351 e. The van der Waals surface area contributed by atoms with Gasteiger partial charge in [-0.05, 0) is 44.7 Å². The molecule has 1 saturated heterocycles. The van der Waals surface area contributed by atoms with Gasteiger partial charge < -0.3 is 15.2 Å². The summed E-state index contributed by atoms with van der Waals surface area (Å²) in [5.74, 6) is -0.00297. The molecule has 1 saturated carbocycles. The van der Waals surface area contributed by atoms with Crippen LogP contribution in [-0.4, -0.2) is 29.6 Å². The first kappa shape index (κ1) is 13.0. The summed E-state index contributed by atoms with van der Waals surface area (Å²) in [6.07, 6.45) is 7.64. The number of hydrogen-bond acceptors (Lipinski definition) is 2. The van der Waals surface area contributed by atoms with Gasteiger partial charge in [0, 0.05) is 24.8 Å². The standard InChI is InChI=1S/C14H20ClN3O/c15-10-8-13(18(9-10)12-3-4-12)14(19)17-7-5-11-2-1-6-16-11/h8-9,11-12,16H,1-7H2,(H,17,19)/t11-/m1/s1. The fourth-order valence-corrected chi connectivity index (χ4v) is 2.94. The number of amides is 1. The van der Waals surface area contributed by atoms with Crippen LogP contribution in [0.15, 0.2) is 12.3 Å². The molecule has 2 N–H and O–H groups in total. The van der Waals surface area contributed by atoms with E-state index < -0.39 is 0 Å². The maximum absolute atomic E-state index is 12.2. The molecule has 0 bridgehead atoms. The molecular formula is C14H20ClN3O. The molecule has 0 spiro atoms. The number of aromatic nitrogens is 1. The van der Waals surface area contributed by atoms with Crippen LogP contribution in [0.4, 0.5) is 0 Å². The second-order valence-corrected chi connectivity index (χ2v) is 5.96. The molecule has 0 unspecified atom stereocenters. The van der Waals surface area contributed by atoms with Crippen molar-refractivity contribution in [3.63, 3.8) is 0 Å². The zero-order valence-electron chi connectivity index (χ0n) is 11.0. The maximum atomic E-state index is 12.2. The molecule has 1 atom stereocenters. The SMILES string of the molecule is O=C(NCC[C@H]1CCCN1)c1cc(Cl)cn1C1CC1. The van der Waals surface area contributed by atoms with Gasteiger partial charge in [0.05, 0.1) is 5.02 Å². The van der Waals surface area contributed by atoms with Crippen LogP contribution in [0.5, 0.6) is 0 Å². The number of nitrogens with zero attached hydrogens (tertiary/aromatic N) is 1. The number of rotatable bonds is 5. The van der Waals surface area contributed by atoms with Gasteiger partial charge in [0.2, 0.25) is 0 Å². The zero-order chi connectivity index (χ0) is 13.2. The largest absolute Gasteiger partial charge is 0.351 e. The van der Waals surface area contributed by atoms with Gasteiger partial charge in [0.15, 0.2) is 0 Å². The van der Waals surface area contributed by atoms with Crippen LogP contribution in [0.3, 0.4) is 0 Å². The Morgan fingerprint density at radius 2 is 2.32 bits per heavy atom. The first-order valence-corrected chi connectivity index (χ1v) is 7.51. The molecule has 1 aromatic rings. The van der Waals surface area contributed by atoms with Crippen molar-refractivity contribution in [2.45, 2.75) is 44.2 Å². The molecular weight excluding hydrogens is 262 g/mol. The Bertz CT molecular complexity index is 461. The van der Waals surface area contributed by atoms with E-state index >= 15 is 0 Å². The lowest BCUT2D eigenvalue weighted by molar-refractivity contribution is 0.0943. The van der Waals surface area contributed by atoms with E-state index in [-0.39, 0.29) is 5.91 Å². The van der Waals surface area contributed by atoms with Crippen LogP contribution in [0.25, 0.3) is 0 Å². The topological polar surface area (TPSA) is 46.1 Å². The smallest absolute Gasteiger partial charge is 0.267 e. The van der Waals surface area contributed by atoms with Gasteiger partial charge in [-0.1, -0.05) is 11.6 Å². The van der Waals surface area contributed by atoms with Crippen molar-refractivity contribution in [1.29, 1.82) is 0 Å². The van der Waals surface area contributed by atoms with Crippen LogP contribution in [-0.2, 0) is 0 Å². The van der Waals surface area contributed by atoms with Gasteiger partial charge in [-0.3, -0.25) is 4.79 Å². The Balaban J connectivity index is 1.54. The summed E-state index contributed by atoms with van der Waals surface area (Å²) in [7, 11) is 0. The molecule has 5 heteroatoms. The predicted octanol–water partition coefficient (Wildman–Crippen LogP) is 2.35. The quantitative estimate of drug-likeness (QED) is 0.870.